The number of halogens is 1. The number of ether oxygens (including phenoxy) is 1. The van der Waals surface area contributed by atoms with E-state index >= 15 is 0 Å². The fourth-order valence-corrected chi connectivity index (χ4v) is 2.01. The van der Waals surface area contributed by atoms with E-state index in [9.17, 15) is 14.9 Å². The molecular formula is C12H16ClN3O4. The summed E-state index contributed by atoms with van der Waals surface area (Å²) in [5.41, 5.74) is -0.251. The zero-order chi connectivity index (χ0) is 15.3. The van der Waals surface area contributed by atoms with Crippen LogP contribution in [-0.2, 0) is 4.74 Å². The lowest BCUT2D eigenvalue weighted by Gasteiger charge is -2.27. The minimum absolute atomic E-state index is 0.0191. The van der Waals surface area contributed by atoms with Crippen molar-refractivity contribution in [1.29, 1.82) is 0 Å². The maximum atomic E-state index is 12.4. The maximum Gasteiger partial charge on any atom is 0.288 e. The molecule has 0 aromatic carbocycles. The number of nitro groups is 1. The molecule has 1 rings (SSSR count). The van der Waals surface area contributed by atoms with Gasteiger partial charge in [-0.25, -0.2) is 4.98 Å². The molecule has 0 saturated carbocycles. The van der Waals surface area contributed by atoms with Gasteiger partial charge in [-0.2, -0.15) is 0 Å². The summed E-state index contributed by atoms with van der Waals surface area (Å²) in [6.07, 6.45) is 1.02. The third-order valence-corrected chi connectivity index (χ3v) is 3.11. The van der Waals surface area contributed by atoms with Crippen LogP contribution in [0.1, 0.15) is 24.2 Å². The number of pyridine rings is 1. The Morgan fingerprint density at radius 3 is 2.80 bits per heavy atom. The number of amides is 1. The van der Waals surface area contributed by atoms with Gasteiger partial charge < -0.3 is 9.64 Å². The van der Waals surface area contributed by atoms with Crippen molar-refractivity contribution >= 4 is 23.2 Å². The number of nitrogens with zero attached hydrogens (tertiary/aromatic N) is 3. The molecule has 1 atom stereocenters. The first-order chi connectivity index (χ1) is 9.42. The Balaban J connectivity index is 3.11. The lowest BCUT2D eigenvalue weighted by molar-refractivity contribution is -0.385. The van der Waals surface area contributed by atoms with E-state index in [0.717, 1.165) is 12.3 Å². The fraction of sp³-hybridized carbons (Fsp3) is 0.500. The second kappa shape index (κ2) is 7.16. The Bertz CT molecular complexity index is 509. The van der Waals surface area contributed by atoms with Gasteiger partial charge in [-0.05, 0) is 13.8 Å². The number of hydrogen-bond acceptors (Lipinski definition) is 5. The Morgan fingerprint density at radius 1 is 1.65 bits per heavy atom. The van der Waals surface area contributed by atoms with Crippen LogP contribution in [0.25, 0.3) is 0 Å². The second-order valence-electron chi connectivity index (χ2n) is 4.18. The van der Waals surface area contributed by atoms with E-state index < -0.39 is 10.8 Å². The number of rotatable bonds is 6. The first kappa shape index (κ1) is 16.3. The molecule has 0 aliphatic carbocycles. The average molecular weight is 302 g/mol. The molecule has 110 valence electrons. The smallest absolute Gasteiger partial charge is 0.288 e. The average Bonchev–Trinajstić information content (AvgIpc) is 2.39. The summed E-state index contributed by atoms with van der Waals surface area (Å²) >= 11 is 5.87. The third-order valence-electron chi connectivity index (χ3n) is 2.81. The highest BCUT2D eigenvalue weighted by molar-refractivity contribution is 6.32. The Morgan fingerprint density at radius 2 is 2.30 bits per heavy atom. The summed E-state index contributed by atoms with van der Waals surface area (Å²) in [6, 6.07) is 0.965. The maximum absolute atomic E-state index is 12.4. The molecule has 0 radical (unpaired) electrons. The first-order valence-corrected chi connectivity index (χ1v) is 6.40. The normalized spacial score (nSPS) is 12.0. The quantitative estimate of drug-likeness (QED) is 0.456. The lowest BCUT2D eigenvalue weighted by Crippen LogP contribution is -2.41. The number of carbonyl (C=O) groups excluding carboxylic acids is 1. The summed E-state index contributed by atoms with van der Waals surface area (Å²) in [5.74, 6) is -0.404. The van der Waals surface area contributed by atoms with Crippen LogP contribution in [-0.4, -0.2) is 47.0 Å². The van der Waals surface area contributed by atoms with Crippen LogP contribution in [0.4, 0.5) is 5.69 Å². The van der Waals surface area contributed by atoms with Gasteiger partial charge in [-0.3, -0.25) is 14.9 Å². The monoisotopic (exact) mass is 301 g/mol. The number of hydrogen-bond donors (Lipinski definition) is 0. The largest absolute Gasteiger partial charge is 0.383 e. The third kappa shape index (κ3) is 3.64. The summed E-state index contributed by atoms with van der Waals surface area (Å²) in [5, 5.41) is 10.7. The summed E-state index contributed by atoms with van der Waals surface area (Å²) in [4.78, 5) is 27.7. The molecule has 0 fully saturated rings. The predicted octanol–water partition coefficient (Wildman–Crippen LogP) is 2.14. The van der Waals surface area contributed by atoms with Gasteiger partial charge in [0.15, 0.2) is 0 Å². The van der Waals surface area contributed by atoms with E-state index in [1.165, 1.54) is 12.0 Å². The zero-order valence-electron chi connectivity index (χ0n) is 11.5. The highest BCUT2D eigenvalue weighted by atomic mass is 35.5. The molecular weight excluding hydrogens is 286 g/mol. The van der Waals surface area contributed by atoms with Gasteiger partial charge >= 0.3 is 0 Å². The van der Waals surface area contributed by atoms with Crippen molar-refractivity contribution in [3.63, 3.8) is 0 Å². The van der Waals surface area contributed by atoms with Crippen molar-refractivity contribution in [2.24, 2.45) is 0 Å². The molecule has 20 heavy (non-hydrogen) atoms. The van der Waals surface area contributed by atoms with Gasteiger partial charge in [-0.1, -0.05) is 11.6 Å². The molecule has 1 heterocycles. The molecule has 1 aromatic rings. The molecule has 0 saturated heterocycles. The zero-order valence-corrected chi connectivity index (χ0v) is 12.3. The van der Waals surface area contributed by atoms with Gasteiger partial charge in [-0.15, -0.1) is 0 Å². The Labute approximate surface area is 121 Å². The molecule has 1 aromatic heterocycles. The minimum Gasteiger partial charge on any atom is -0.383 e. The standard InChI is InChI=1S/C12H16ClN3O4/c1-4-15(8(2)7-20-3)12(17)10-5-9(16(18)19)6-14-11(10)13/h5-6,8H,4,7H2,1-3H3. The van der Waals surface area contributed by atoms with Crippen LogP contribution in [0.2, 0.25) is 5.15 Å². The van der Waals surface area contributed by atoms with Crippen molar-refractivity contribution in [1.82, 2.24) is 9.88 Å². The van der Waals surface area contributed by atoms with Gasteiger partial charge in [0.25, 0.3) is 11.6 Å². The molecule has 0 N–H and O–H groups in total. The lowest BCUT2D eigenvalue weighted by atomic mass is 10.2. The summed E-state index contributed by atoms with van der Waals surface area (Å²) in [7, 11) is 1.54. The second-order valence-corrected chi connectivity index (χ2v) is 4.54. The molecule has 1 unspecified atom stereocenters. The van der Waals surface area contributed by atoms with Crippen LogP contribution < -0.4 is 0 Å². The van der Waals surface area contributed by atoms with Gasteiger partial charge in [0.1, 0.15) is 11.3 Å². The number of aromatic nitrogens is 1. The van der Waals surface area contributed by atoms with Crippen LogP contribution in [0.15, 0.2) is 12.3 Å². The van der Waals surface area contributed by atoms with Crippen molar-refractivity contribution in [2.45, 2.75) is 19.9 Å². The number of methoxy groups -OCH3 is 1. The highest BCUT2D eigenvalue weighted by Crippen LogP contribution is 2.21. The summed E-state index contributed by atoms with van der Waals surface area (Å²) < 4.78 is 5.01. The van der Waals surface area contributed by atoms with E-state index in [0.29, 0.717) is 13.2 Å². The number of likely N-dealkylation sites (N-methyl/N-ethyl adjacent to an activating group) is 1. The molecule has 8 heteroatoms. The van der Waals surface area contributed by atoms with Gasteiger partial charge in [0.05, 0.1) is 23.1 Å². The van der Waals surface area contributed by atoms with Crippen molar-refractivity contribution in [3.05, 3.63) is 33.1 Å². The van der Waals surface area contributed by atoms with E-state index in [2.05, 4.69) is 4.98 Å². The van der Waals surface area contributed by atoms with Gasteiger partial charge in [0, 0.05) is 19.7 Å². The topological polar surface area (TPSA) is 85.6 Å². The van der Waals surface area contributed by atoms with Crippen LogP contribution in [0, 0.1) is 10.1 Å². The highest BCUT2D eigenvalue weighted by Gasteiger charge is 2.24. The molecule has 1 amide bonds. The molecule has 0 aliphatic heterocycles. The Hall–Kier alpha value is -1.73. The SMILES string of the molecule is CCN(C(=O)c1cc([N+](=O)[O-])cnc1Cl)C(C)COC. The minimum atomic E-state index is -0.616. The predicted molar refractivity (Wildman–Crippen MR) is 73.9 cm³/mol. The van der Waals surface area contributed by atoms with Crippen molar-refractivity contribution in [3.8, 4) is 0 Å². The van der Waals surface area contributed by atoms with Crippen molar-refractivity contribution in [2.75, 3.05) is 20.3 Å². The Kier molecular flexibility index (Phi) is 5.84. The van der Waals surface area contributed by atoms with E-state index in [4.69, 9.17) is 16.3 Å². The summed E-state index contributed by atoms with van der Waals surface area (Å²) in [6.45, 7) is 4.42. The van der Waals surface area contributed by atoms with Crippen LogP contribution in [0.3, 0.4) is 0 Å². The molecule has 0 aliphatic rings. The van der Waals surface area contributed by atoms with Crippen LogP contribution >= 0.6 is 11.6 Å². The fourth-order valence-electron chi connectivity index (χ4n) is 1.83. The molecule has 7 nitrogen and oxygen atoms in total. The van der Waals surface area contributed by atoms with E-state index in [1.54, 1.807) is 0 Å². The first-order valence-electron chi connectivity index (χ1n) is 6.02. The van der Waals surface area contributed by atoms with E-state index in [1.807, 2.05) is 13.8 Å². The molecule has 0 bridgehead atoms. The van der Waals surface area contributed by atoms with Gasteiger partial charge in [0.2, 0.25) is 0 Å². The van der Waals surface area contributed by atoms with Crippen molar-refractivity contribution < 1.29 is 14.5 Å². The number of carbonyl (C=O) groups is 1. The molecule has 0 spiro atoms. The van der Waals surface area contributed by atoms with E-state index in [-0.39, 0.29) is 22.4 Å². The van der Waals surface area contributed by atoms with Crippen LogP contribution in [0.5, 0.6) is 0 Å².